The minimum absolute atomic E-state index is 0.0873. The first-order chi connectivity index (χ1) is 15.4. The van der Waals surface area contributed by atoms with E-state index >= 15 is 0 Å². The molecule has 1 saturated carbocycles. The van der Waals surface area contributed by atoms with Crippen molar-refractivity contribution in [1.29, 1.82) is 0 Å². The van der Waals surface area contributed by atoms with Crippen LogP contribution in [0.25, 0.3) is 0 Å². The van der Waals surface area contributed by atoms with Crippen LogP contribution in [-0.4, -0.2) is 36.7 Å². The van der Waals surface area contributed by atoms with Crippen LogP contribution in [0.4, 0.5) is 0 Å². The summed E-state index contributed by atoms with van der Waals surface area (Å²) in [5, 5.41) is 0.435. The van der Waals surface area contributed by atoms with Crippen molar-refractivity contribution >= 4 is 25.0 Å². The molecule has 0 aliphatic heterocycles. The van der Waals surface area contributed by atoms with Crippen molar-refractivity contribution in [3.8, 4) is 0 Å². The molecule has 2 aliphatic carbocycles. The number of allylic oxidation sites excluding steroid dienone is 1. The molecule has 3 nitrogen and oxygen atoms in total. The van der Waals surface area contributed by atoms with Gasteiger partial charge in [0, 0.05) is 11.8 Å². The van der Waals surface area contributed by atoms with Crippen LogP contribution in [0.5, 0.6) is 0 Å². The number of hydrogen-bond acceptors (Lipinski definition) is 3. The molecular weight excluding hydrogens is 481 g/mol. The van der Waals surface area contributed by atoms with Gasteiger partial charge < -0.3 is 13.3 Å². The average Bonchev–Trinajstić information content (AvgIpc) is 3.08. The highest BCUT2D eigenvalue weighted by Crippen LogP contribution is 2.60. The Kier molecular flexibility index (Phi) is 8.48. The molecule has 6 heteroatoms. The molecule has 2 aliphatic rings. The van der Waals surface area contributed by atoms with E-state index < -0.39 is 25.0 Å². The van der Waals surface area contributed by atoms with Crippen LogP contribution in [0.15, 0.2) is 24.5 Å². The Hall–Kier alpha value is -0.149. The fourth-order valence-corrected chi connectivity index (χ4v) is 8.86. The highest BCUT2D eigenvalue weighted by atomic mass is 28.4. The molecule has 35 heavy (non-hydrogen) atoms. The zero-order valence-electron chi connectivity index (χ0n) is 25.9. The van der Waals surface area contributed by atoms with Gasteiger partial charge in [0.05, 0.1) is 17.5 Å². The van der Waals surface area contributed by atoms with E-state index in [-0.39, 0.29) is 38.7 Å². The van der Waals surface area contributed by atoms with Crippen molar-refractivity contribution in [2.24, 2.45) is 11.8 Å². The zero-order valence-corrected chi connectivity index (χ0v) is 28.9. The first-order valence-corrected chi connectivity index (χ1v) is 22.5. The van der Waals surface area contributed by atoms with Gasteiger partial charge in [0.1, 0.15) is 0 Å². The second kappa shape index (κ2) is 9.55. The van der Waals surface area contributed by atoms with Gasteiger partial charge >= 0.3 is 0 Å². The van der Waals surface area contributed by atoms with Crippen molar-refractivity contribution in [2.45, 2.75) is 148 Å². The maximum Gasteiger partial charge on any atom is 0.250 e. The van der Waals surface area contributed by atoms with Gasteiger partial charge in [0.2, 0.25) is 8.32 Å². The van der Waals surface area contributed by atoms with Gasteiger partial charge in [0.15, 0.2) is 16.6 Å². The van der Waals surface area contributed by atoms with Crippen LogP contribution in [-0.2, 0) is 13.3 Å². The molecule has 0 spiro atoms. The van der Waals surface area contributed by atoms with E-state index in [1.807, 2.05) is 0 Å². The average molecular weight is 539 g/mol. The molecule has 0 saturated heterocycles. The van der Waals surface area contributed by atoms with Gasteiger partial charge in [-0.1, -0.05) is 68.4 Å². The maximum absolute atomic E-state index is 7.61. The third kappa shape index (κ3) is 5.81. The molecule has 0 heterocycles. The van der Waals surface area contributed by atoms with E-state index in [4.69, 9.17) is 13.3 Å². The van der Waals surface area contributed by atoms with Crippen molar-refractivity contribution < 1.29 is 13.3 Å². The van der Waals surface area contributed by atoms with Gasteiger partial charge in [-0.3, -0.25) is 0 Å². The molecule has 4 atom stereocenters. The Morgan fingerprint density at radius 1 is 0.829 bits per heavy atom. The lowest BCUT2D eigenvalue weighted by Gasteiger charge is -2.52. The highest BCUT2D eigenvalue weighted by molar-refractivity contribution is 6.75. The summed E-state index contributed by atoms with van der Waals surface area (Å²) < 4.78 is 22.0. The summed E-state index contributed by atoms with van der Waals surface area (Å²) in [5.74, 6) is 1.67. The largest absolute Gasteiger partial charge is 0.546 e. The van der Waals surface area contributed by atoms with E-state index in [0.717, 1.165) is 19.3 Å². The monoisotopic (exact) mass is 538 g/mol. The lowest BCUT2D eigenvalue weighted by Crippen LogP contribution is -2.61. The normalized spacial score (nSPS) is 28.7. The van der Waals surface area contributed by atoms with E-state index in [1.165, 1.54) is 5.76 Å². The number of hydrogen-bond donors (Lipinski definition) is 0. The zero-order chi connectivity index (χ0) is 27.5. The predicted octanol–water partition coefficient (Wildman–Crippen LogP) is 9.66. The fraction of sp³-hybridized carbons (Fsp3) is 0.862. The first kappa shape index (κ1) is 31.1. The van der Waals surface area contributed by atoms with Gasteiger partial charge in [-0.05, 0) is 79.7 Å². The molecule has 2 rings (SSSR count). The topological polar surface area (TPSA) is 27.7 Å². The van der Waals surface area contributed by atoms with Crippen molar-refractivity contribution in [3.63, 3.8) is 0 Å². The quantitative estimate of drug-likeness (QED) is 0.227. The van der Waals surface area contributed by atoms with Crippen LogP contribution < -0.4 is 0 Å². The summed E-state index contributed by atoms with van der Waals surface area (Å²) in [6, 6.07) is 0. The van der Waals surface area contributed by atoms with Crippen molar-refractivity contribution in [3.05, 3.63) is 24.5 Å². The van der Waals surface area contributed by atoms with E-state index in [0.29, 0.717) is 0 Å². The Balaban J connectivity index is 2.65. The second-order valence-corrected chi connectivity index (χ2v) is 30.0. The van der Waals surface area contributed by atoms with E-state index in [1.54, 1.807) is 0 Å². The van der Waals surface area contributed by atoms with E-state index in [2.05, 4.69) is 120 Å². The van der Waals surface area contributed by atoms with Crippen LogP contribution >= 0.6 is 0 Å². The van der Waals surface area contributed by atoms with Crippen LogP contribution in [0.1, 0.15) is 81.6 Å². The Bertz CT molecular complexity index is 808. The van der Waals surface area contributed by atoms with Crippen LogP contribution in [0.3, 0.4) is 0 Å². The molecule has 0 aromatic carbocycles. The van der Waals surface area contributed by atoms with Crippen molar-refractivity contribution in [1.82, 2.24) is 0 Å². The molecule has 0 aromatic rings. The second-order valence-electron chi connectivity index (χ2n) is 15.8. The molecular formula is C29H58O3Si3. The molecule has 1 fully saturated rings. The first-order valence-electron chi connectivity index (χ1n) is 13.8. The molecule has 0 N–H and O–H groups in total. The molecule has 0 aromatic heterocycles. The highest BCUT2D eigenvalue weighted by Gasteiger charge is 2.65. The van der Waals surface area contributed by atoms with Gasteiger partial charge in [-0.25, -0.2) is 0 Å². The summed E-state index contributed by atoms with van der Waals surface area (Å²) >= 11 is 0. The van der Waals surface area contributed by atoms with Crippen LogP contribution in [0, 0.1) is 11.8 Å². The number of fused-ring (bicyclic) bond motifs is 1. The Labute approximate surface area is 221 Å². The molecule has 0 bridgehead atoms. The molecule has 0 unspecified atom stereocenters. The van der Waals surface area contributed by atoms with Crippen LogP contribution in [0.2, 0.25) is 54.4 Å². The third-order valence-electron chi connectivity index (χ3n) is 10.1. The van der Waals surface area contributed by atoms with Gasteiger partial charge in [-0.2, -0.15) is 0 Å². The Morgan fingerprint density at radius 3 is 1.74 bits per heavy atom. The summed E-state index contributed by atoms with van der Waals surface area (Å²) in [5.41, 5.74) is -0.371. The lowest BCUT2D eigenvalue weighted by molar-refractivity contribution is -0.0784. The van der Waals surface area contributed by atoms with Crippen molar-refractivity contribution in [2.75, 3.05) is 0 Å². The molecule has 0 radical (unpaired) electrons. The smallest absolute Gasteiger partial charge is 0.250 e. The summed E-state index contributed by atoms with van der Waals surface area (Å²) in [6.45, 7) is 39.5. The fourth-order valence-electron chi connectivity index (χ4n) is 4.78. The van der Waals surface area contributed by atoms with Gasteiger partial charge in [0.25, 0.3) is 0 Å². The minimum Gasteiger partial charge on any atom is -0.546 e. The van der Waals surface area contributed by atoms with E-state index in [9.17, 15) is 0 Å². The minimum atomic E-state index is -2.10. The molecule has 0 amide bonds. The Morgan fingerprint density at radius 2 is 1.31 bits per heavy atom. The summed E-state index contributed by atoms with van der Waals surface area (Å²) in [7, 11) is -6.08. The maximum atomic E-state index is 7.61. The number of rotatable bonds is 8. The van der Waals surface area contributed by atoms with Gasteiger partial charge in [-0.15, -0.1) is 6.58 Å². The summed E-state index contributed by atoms with van der Waals surface area (Å²) in [6.07, 6.45) is 7.60. The lowest BCUT2D eigenvalue weighted by atomic mass is 9.81. The SMILES string of the molecule is C=CC[C@H]1C=C(O[Si](C)(C)C(C)(C)C)[C@@H]2CC[C@H](O[Si](C)(C)C(C)(C)C)[C@]12O[Si](C)(C)C(C)(C)C. The summed E-state index contributed by atoms with van der Waals surface area (Å²) in [4.78, 5) is 0. The third-order valence-corrected chi connectivity index (χ3v) is 23.5. The molecule has 204 valence electrons. The predicted molar refractivity (Wildman–Crippen MR) is 160 cm³/mol. The standard InChI is InChI=1S/C29H58O3Si3/c1-17-18-22-21-24(30-33(11,12)26(2,3)4)23-19-20-25(31-34(13,14)27(5,6)7)29(22,23)32-35(15,16)28(8,9)10/h17,21-23,25H,1,18-20H2,2-16H3/t22-,23-,25-,29-/m0/s1.